The van der Waals surface area contributed by atoms with Crippen LogP contribution in [0.25, 0.3) is 10.9 Å². The summed E-state index contributed by atoms with van der Waals surface area (Å²) >= 11 is 0. The quantitative estimate of drug-likeness (QED) is 0.702. The molecule has 3 N–H and O–H groups in total. The van der Waals surface area contributed by atoms with E-state index in [0.717, 1.165) is 30.4 Å². The van der Waals surface area contributed by atoms with Crippen molar-refractivity contribution < 1.29 is 5.11 Å². The van der Waals surface area contributed by atoms with Crippen LogP contribution >= 0.6 is 0 Å². The van der Waals surface area contributed by atoms with E-state index >= 15 is 0 Å². The Kier molecular flexibility index (Phi) is 6.71. The van der Waals surface area contributed by atoms with E-state index in [1.807, 2.05) is 10.7 Å². The highest BCUT2D eigenvalue weighted by Crippen LogP contribution is 2.24. The number of unbranched alkanes of at least 4 members (excludes halogenated alkanes) is 2. The Balaban J connectivity index is 1.94. The summed E-state index contributed by atoms with van der Waals surface area (Å²) in [5.74, 6) is 0.721. The van der Waals surface area contributed by atoms with Crippen molar-refractivity contribution in [1.29, 1.82) is 0 Å². The summed E-state index contributed by atoms with van der Waals surface area (Å²) in [6, 6.07) is 5.26. The molecular weight excluding hydrogens is 288 g/mol. The average Bonchev–Trinajstić information content (AvgIpc) is 2.85. The fourth-order valence-electron chi connectivity index (χ4n) is 2.91. The Bertz CT molecular complexity index is 600. The van der Waals surface area contributed by atoms with E-state index in [0.29, 0.717) is 5.82 Å². The van der Waals surface area contributed by atoms with Crippen molar-refractivity contribution in [2.45, 2.75) is 52.5 Å². The molecule has 0 bridgehead atoms. The van der Waals surface area contributed by atoms with Crippen LogP contribution < -0.4 is 5.73 Å². The molecule has 0 saturated carbocycles. The molecule has 0 saturated heterocycles. The lowest BCUT2D eigenvalue weighted by atomic mass is 10.2. The predicted octanol–water partition coefficient (Wildman–Crippen LogP) is 3.62. The van der Waals surface area contributed by atoms with Gasteiger partial charge in [-0.1, -0.05) is 26.7 Å². The second kappa shape index (κ2) is 8.77. The third kappa shape index (κ3) is 4.86. The van der Waals surface area contributed by atoms with Gasteiger partial charge in [-0.25, -0.2) is 0 Å². The molecule has 0 aliphatic heterocycles. The summed E-state index contributed by atoms with van der Waals surface area (Å²) in [5.41, 5.74) is 6.95. The normalized spacial score (nSPS) is 11.6. The number of hydrogen-bond donors (Lipinski definition) is 2. The van der Waals surface area contributed by atoms with Gasteiger partial charge in [0.15, 0.2) is 5.82 Å². The Labute approximate surface area is 139 Å². The number of nitrogen functional groups attached to an aromatic ring is 1. The van der Waals surface area contributed by atoms with E-state index in [1.54, 1.807) is 12.1 Å². The molecule has 0 aliphatic carbocycles. The standard InChI is InChI=1S/C18H30N4O/c1-3-5-10-21(11-6-4-2)12-7-13-22-17-9-8-15(23)14-16(17)18(19)20-22/h8-9,14,23H,3-7,10-13H2,1-2H3,(H2,19,20). The van der Waals surface area contributed by atoms with Crippen molar-refractivity contribution in [3.05, 3.63) is 18.2 Å². The number of nitrogens with two attached hydrogens (primary N) is 1. The van der Waals surface area contributed by atoms with E-state index in [1.165, 1.54) is 38.8 Å². The number of fused-ring (bicyclic) bond motifs is 1. The summed E-state index contributed by atoms with van der Waals surface area (Å²) in [6.45, 7) is 8.81. The Hall–Kier alpha value is -1.75. The fraction of sp³-hybridized carbons (Fsp3) is 0.611. The first kappa shape index (κ1) is 17.6. The molecule has 0 radical (unpaired) electrons. The Morgan fingerprint density at radius 2 is 1.74 bits per heavy atom. The first-order valence-corrected chi connectivity index (χ1v) is 8.83. The van der Waals surface area contributed by atoms with Gasteiger partial charge in [0.25, 0.3) is 0 Å². The number of nitrogens with zero attached hydrogens (tertiary/aromatic N) is 3. The minimum Gasteiger partial charge on any atom is -0.508 e. The molecule has 0 amide bonds. The van der Waals surface area contributed by atoms with Crippen molar-refractivity contribution in [3.63, 3.8) is 0 Å². The van der Waals surface area contributed by atoms with E-state index in [4.69, 9.17) is 5.73 Å². The van der Waals surface area contributed by atoms with E-state index in [2.05, 4.69) is 23.8 Å². The zero-order chi connectivity index (χ0) is 16.7. The molecule has 2 aromatic rings. The zero-order valence-corrected chi connectivity index (χ0v) is 14.5. The topological polar surface area (TPSA) is 67.3 Å². The van der Waals surface area contributed by atoms with Gasteiger partial charge >= 0.3 is 0 Å². The molecule has 0 aliphatic rings. The van der Waals surface area contributed by atoms with Gasteiger partial charge in [0.05, 0.1) is 5.52 Å². The summed E-state index contributed by atoms with van der Waals surface area (Å²) in [7, 11) is 0. The summed E-state index contributed by atoms with van der Waals surface area (Å²) in [4.78, 5) is 2.56. The Morgan fingerprint density at radius 1 is 1.09 bits per heavy atom. The largest absolute Gasteiger partial charge is 0.508 e. The molecule has 0 unspecified atom stereocenters. The molecule has 23 heavy (non-hydrogen) atoms. The van der Waals surface area contributed by atoms with Gasteiger partial charge in [-0.05, 0) is 57.1 Å². The average molecular weight is 318 g/mol. The molecule has 5 nitrogen and oxygen atoms in total. The number of aromatic nitrogens is 2. The van der Waals surface area contributed by atoms with E-state index in [-0.39, 0.29) is 5.75 Å². The minimum atomic E-state index is 0.231. The second-order valence-electron chi connectivity index (χ2n) is 6.21. The van der Waals surface area contributed by atoms with Gasteiger partial charge in [0.2, 0.25) is 0 Å². The zero-order valence-electron chi connectivity index (χ0n) is 14.5. The van der Waals surface area contributed by atoms with Crippen LogP contribution in [-0.4, -0.2) is 39.4 Å². The molecule has 0 atom stereocenters. The number of rotatable bonds is 10. The van der Waals surface area contributed by atoms with Gasteiger partial charge in [-0.3, -0.25) is 4.68 Å². The summed E-state index contributed by atoms with van der Waals surface area (Å²) < 4.78 is 1.96. The molecule has 128 valence electrons. The van der Waals surface area contributed by atoms with E-state index < -0.39 is 0 Å². The third-order valence-corrected chi connectivity index (χ3v) is 4.26. The lowest BCUT2D eigenvalue weighted by Crippen LogP contribution is -2.28. The van der Waals surface area contributed by atoms with Crippen LogP contribution in [-0.2, 0) is 6.54 Å². The highest BCUT2D eigenvalue weighted by atomic mass is 16.3. The minimum absolute atomic E-state index is 0.231. The number of anilines is 1. The number of phenolic OH excluding ortho intramolecular Hbond substituents is 1. The molecule has 1 aromatic carbocycles. The van der Waals surface area contributed by atoms with Crippen LogP contribution in [0.5, 0.6) is 5.75 Å². The van der Waals surface area contributed by atoms with Crippen molar-refractivity contribution in [1.82, 2.24) is 14.7 Å². The summed E-state index contributed by atoms with van der Waals surface area (Å²) in [5, 5.41) is 14.8. The van der Waals surface area contributed by atoms with Crippen molar-refractivity contribution >= 4 is 16.7 Å². The predicted molar refractivity (Wildman–Crippen MR) is 96.7 cm³/mol. The maximum absolute atomic E-state index is 9.58. The van der Waals surface area contributed by atoms with Crippen molar-refractivity contribution in [3.8, 4) is 5.75 Å². The smallest absolute Gasteiger partial charge is 0.153 e. The Morgan fingerprint density at radius 3 is 2.39 bits per heavy atom. The number of aromatic hydroxyl groups is 1. The molecule has 5 heteroatoms. The second-order valence-corrected chi connectivity index (χ2v) is 6.21. The van der Waals surface area contributed by atoms with Crippen LogP contribution in [0.2, 0.25) is 0 Å². The van der Waals surface area contributed by atoms with Gasteiger partial charge in [-0.2, -0.15) is 5.10 Å². The molecule has 1 heterocycles. The highest BCUT2D eigenvalue weighted by molar-refractivity contribution is 5.90. The lowest BCUT2D eigenvalue weighted by molar-refractivity contribution is 0.256. The summed E-state index contributed by atoms with van der Waals surface area (Å²) in [6.07, 6.45) is 6.07. The maximum atomic E-state index is 9.58. The molecule has 0 fully saturated rings. The van der Waals surface area contributed by atoms with Crippen LogP contribution in [0, 0.1) is 0 Å². The third-order valence-electron chi connectivity index (χ3n) is 4.26. The van der Waals surface area contributed by atoms with Crippen LogP contribution in [0.1, 0.15) is 46.0 Å². The number of benzene rings is 1. The monoisotopic (exact) mass is 318 g/mol. The van der Waals surface area contributed by atoms with Gasteiger partial charge < -0.3 is 15.7 Å². The maximum Gasteiger partial charge on any atom is 0.153 e. The van der Waals surface area contributed by atoms with Crippen LogP contribution in [0.3, 0.4) is 0 Å². The van der Waals surface area contributed by atoms with Crippen LogP contribution in [0.15, 0.2) is 18.2 Å². The molecule has 2 rings (SSSR count). The van der Waals surface area contributed by atoms with Gasteiger partial charge in [0, 0.05) is 11.9 Å². The fourth-order valence-corrected chi connectivity index (χ4v) is 2.91. The number of aryl methyl sites for hydroxylation is 1. The van der Waals surface area contributed by atoms with Gasteiger partial charge in [0.1, 0.15) is 5.75 Å². The SMILES string of the molecule is CCCCN(CCCC)CCCn1nc(N)c2cc(O)ccc21. The molecule has 1 aromatic heterocycles. The molecular formula is C18H30N4O. The van der Waals surface area contributed by atoms with Gasteiger partial charge in [-0.15, -0.1) is 0 Å². The first-order valence-electron chi connectivity index (χ1n) is 8.83. The van der Waals surface area contributed by atoms with Crippen molar-refractivity contribution in [2.75, 3.05) is 25.4 Å². The number of hydrogen-bond acceptors (Lipinski definition) is 4. The van der Waals surface area contributed by atoms with E-state index in [9.17, 15) is 5.11 Å². The first-order chi connectivity index (χ1) is 11.2. The number of phenols is 1. The van der Waals surface area contributed by atoms with Crippen molar-refractivity contribution in [2.24, 2.45) is 0 Å². The highest BCUT2D eigenvalue weighted by Gasteiger charge is 2.09. The molecule has 0 spiro atoms. The van der Waals surface area contributed by atoms with Crippen LogP contribution in [0.4, 0.5) is 5.82 Å². The lowest BCUT2D eigenvalue weighted by Gasteiger charge is -2.21.